The summed E-state index contributed by atoms with van der Waals surface area (Å²) >= 11 is 6.00. The van der Waals surface area contributed by atoms with Crippen LogP contribution in [-0.2, 0) is 24.3 Å². The third kappa shape index (κ3) is 5.05. The molecule has 2 aromatic rings. The minimum absolute atomic E-state index is 0.0153. The Morgan fingerprint density at radius 1 is 1.09 bits per heavy atom. The van der Waals surface area contributed by atoms with Gasteiger partial charge in [0.05, 0.1) is 24.7 Å². The van der Waals surface area contributed by atoms with Crippen LogP contribution in [0.1, 0.15) is 0 Å². The molecule has 0 radical (unpaired) electrons. The van der Waals surface area contributed by atoms with Crippen molar-refractivity contribution in [1.29, 1.82) is 0 Å². The normalized spacial score (nSPS) is 20.3. The van der Waals surface area contributed by atoms with Crippen LogP contribution in [0.3, 0.4) is 0 Å². The second-order valence-electron chi connectivity index (χ2n) is 7.73. The Kier molecular flexibility index (Phi) is 6.96. The number of hydrogen-bond acceptors (Lipinski definition) is 6. The molecule has 2 fully saturated rings. The molecule has 2 saturated heterocycles. The van der Waals surface area contributed by atoms with E-state index in [0.29, 0.717) is 37.9 Å². The first-order chi connectivity index (χ1) is 15.3. The van der Waals surface area contributed by atoms with Crippen LogP contribution in [0.15, 0.2) is 41.3 Å². The van der Waals surface area contributed by atoms with Crippen molar-refractivity contribution in [1.82, 2.24) is 19.8 Å². The fourth-order valence-electron chi connectivity index (χ4n) is 3.83. The Bertz CT molecular complexity index is 1120. The quantitative estimate of drug-likeness (QED) is 0.642. The molecular formula is C21H25ClN4O5S. The summed E-state index contributed by atoms with van der Waals surface area (Å²) in [4.78, 5) is 26.6. The molecule has 32 heavy (non-hydrogen) atoms. The van der Waals surface area contributed by atoms with Crippen molar-refractivity contribution < 1.29 is 22.7 Å². The van der Waals surface area contributed by atoms with Gasteiger partial charge in [0.2, 0.25) is 21.8 Å². The van der Waals surface area contributed by atoms with Gasteiger partial charge in [0.15, 0.2) is 0 Å². The van der Waals surface area contributed by atoms with Crippen LogP contribution in [-0.4, -0.2) is 88.0 Å². The summed E-state index contributed by atoms with van der Waals surface area (Å²) in [6.45, 7) is 2.41. The summed E-state index contributed by atoms with van der Waals surface area (Å²) in [6, 6.07) is 9.40. The molecule has 2 amide bonds. The van der Waals surface area contributed by atoms with Crippen molar-refractivity contribution in [3.05, 3.63) is 41.4 Å². The minimum atomic E-state index is -3.79. The lowest BCUT2D eigenvalue weighted by molar-refractivity contribution is -0.136. The van der Waals surface area contributed by atoms with E-state index in [0.717, 1.165) is 10.8 Å². The average molecular weight is 481 g/mol. The van der Waals surface area contributed by atoms with Gasteiger partial charge in [-0.2, -0.15) is 4.31 Å². The van der Waals surface area contributed by atoms with Crippen molar-refractivity contribution in [2.45, 2.75) is 10.9 Å². The van der Waals surface area contributed by atoms with E-state index in [9.17, 15) is 18.0 Å². The molecule has 0 spiro atoms. The predicted octanol–water partition coefficient (Wildman–Crippen LogP) is 0.431. The number of morpholine rings is 1. The van der Waals surface area contributed by atoms with Crippen LogP contribution < -0.4 is 10.6 Å². The molecule has 172 valence electrons. The topological polar surface area (TPSA) is 108 Å². The fraction of sp³-hybridized carbons (Fsp3) is 0.429. The van der Waals surface area contributed by atoms with Gasteiger partial charge in [-0.25, -0.2) is 8.42 Å². The SMILES string of the molecule is O=C(NCC(=O)N1CCOCC1)C1CN(S(=O)(=O)c2ccc3cc(Cl)ccc3c2)CCN1. The number of hydrogen-bond donors (Lipinski definition) is 2. The monoisotopic (exact) mass is 480 g/mol. The number of piperazine rings is 1. The molecule has 2 aliphatic rings. The van der Waals surface area contributed by atoms with E-state index >= 15 is 0 Å². The summed E-state index contributed by atoms with van der Waals surface area (Å²) in [5, 5.41) is 7.85. The number of rotatable bonds is 5. The van der Waals surface area contributed by atoms with E-state index in [1.165, 1.54) is 4.31 Å². The zero-order valence-electron chi connectivity index (χ0n) is 17.4. The van der Waals surface area contributed by atoms with Crippen LogP contribution in [0.2, 0.25) is 5.02 Å². The number of carbonyl (C=O) groups is 2. The number of ether oxygens (including phenoxy) is 1. The minimum Gasteiger partial charge on any atom is -0.378 e. The third-order valence-corrected chi connectivity index (χ3v) is 7.74. The van der Waals surface area contributed by atoms with Crippen LogP contribution >= 0.6 is 11.6 Å². The summed E-state index contributed by atoms with van der Waals surface area (Å²) < 4.78 is 32.9. The highest BCUT2D eigenvalue weighted by molar-refractivity contribution is 7.89. The van der Waals surface area contributed by atoms with Crippen LogP contribution in [0.5, 0.6) is 0 Å². The Labute approximate surface area is 191 Å². The number of nitrogens with zero attached hydrogens (tertiary/aromatic N) is 2. The van der Waals surface area contributed by atoms with Crippen molar-refractivity contribution in [3.63, 3.8) is 0 Å². The van der Waals surface area contributed by atoms with E-state index in [1.54, 1.807) is 41.3 Å². The van der Waals surface area contributed by atoms with Gasteiger partial charge in [-0.05, 0) is 35.0 Å². The maximum absolute atomic E-state index is 13.2. The van der Waals surface area contributed by atoms with Crippen LogP contribution in [0, 0.1) is 0 Å². The largest absolute Gasteiger partial charge is 0.378 e. The highest BCUT2D eigenvalue weighted by Crippen LogP contribution is 2.25. The van der Waals surface area contributed by atoms with Gasteiger partial charge in [0, 0.05) is 37.7 Å². The number of carbonyl (C=O) groups excluding carboxylic acids is 2. The van der Waals surface area contributed by atoms with Gasteiger partial charge in [-0.1, -0.05) is 23.7 Å². The van der Waals surface area contributed by atoms with Gasteiger partial charge in [-0.3, -0.25) is 9.59 Å². The molecule has 0 saturated carbocycles. The second kappa shape index (κ2) is 9.72. The number of benzene rings is 2. The fourth-order valence-corrected chi connectivity index (χ4v) is 5.50. The van der Waals surface area contributed by atoms with Crippen molar-refractivity contribution in [2.24, 2.45) is 0 Å². The summed E-state index contributed by atoms with van der Waals surface area (Å²) in [5.74, 6) is -0.585. The van der Waals surface area contributed by atoms with Crippen molar-refractivity contribution in [3.8, 4) is 0 Å². The Balaban J connectivity index is 1.40. The molecule has 11 heteroatoms. The Morgan fingerprint density at radius 2 is 1.81 bits per heavy atom. The lowest BCUT2D eigenvalue weighted by Gasteiger charge is -2.32. The number of halogens is 1. The highest BCUT2D eigenvalue weighted by Gasteiger charge is 2.33. The van der Waals surface area contributed by atoms with E-state index in [1.807, 2.05) is 0 Å². The summed E-state index contributed by atoms with van der Waals surface area (Å²) in [5.41, 5.74) is 0. The number of sulfonamides is 1. The number of fused-ring (bicyclic) bond motifs is 1. The maximum Gasteiger partial charge on any atom is 0.243 e. The summed E-state index contributed by atoms with van der Waals surface area (Å²) in [6.07, 6.45) is 0. The molecule has 2 N–H and O–H groups in total. The molecule has 1 unspecified atom stereocenters. The van der Waals surface area contributed by atoms with Gasteiger partial charge in [0.25, 0.3) is 0 Å². The van der Waals surface area contributed by atoms with E-state index in [4.69, 9.17) is 16.3 Å². The second-order valence-corrected chi connectivity index (χ2v) is 10.1. The highest BCUT2D eigenvalue weighted by atomic mass is 35.5. The lowest BCUT2D eigenvalue weighted by atomic mass is 10.1. The first kappa shape index (κ1) is 22.9. The zero-order valence-corrected chi connectivity index (χ0v) is 19.0. The first-order valence-corrected chi connectivity index (χ1v) is 12.2. The van der Waals surface area contributed by atoms with Gasteiger partial charge < -0.3 is 20.3 Å². The third-order valence-electron chi connectivity index (χ3n) is 5.64. The van der Waals surface area contributed by atoms with Gasteiger partial charge in [-0.15, -0.1) is 0 Å². The Morgan fingerprint density at radius 3 is 2.59 bits per heavy atom. The molecule has 0 aliphatic carbocycles. The molecule has 9 nitrogen and oxygen atoms in total. The van der Waals surface area contributed by atoms with Crippen LogP contribution in [0.4, 0.5) is 0 Å². The van der Waals surface area contributed by atoms with E-state index in [2.05, 4.69) is 10.6 Å². The molecule has 2 aromatic carbocycles. The van der Waals surface area contributed by atoms with Crippen LogP contribution in [0.25, 0.3) is 10.8 Å². The number of nitrogens with one attached hydrogen (secondary N) is 2. The molecular weight excluding hydrogens is 456 g/mol. The predicted molar refractivity (Wildman–Crippen MR) is 120 cm³/mol. The number of amides is 2. The zero-order chi connectivity index (χ0) is 22.7. The summed E-state index contributed by atoms with van der Waals surface area (Å²) in [7, 11) is -3.79. The molecule has 1 atom stereocenters. The molecule has 2 heterocycles. The Hall–Kier alpha value is -2.24. The smallest absolute Gasteiger partial charge is 0.243 e. The molecule has 2 aliphatic heterocycles. The maximum atomic E-state index is 13.2. The lowest BCUT2D eigenvalue weighted by Crippen LogP contribution is -2.59. The van der Waals surface area contributed by atoms with Crippen molar-refractivity contribution >= 4 is 44.2 Å². The molecule has 4 rings (SSSR count). The first-order valence-electron chi connectivity index (χ1n) is 10.4. The standard InChI is InChI=1S/C21H25ClN4O5S/c22-17-3-1-16-12-18(4-2-15(16)11-17)32(29,30)26-6-5-23-19(14-26)21(28)24-13-20(27)25-7-9-31-10-8-25/h1-4,11-12,19,23H,5-10,13-14H2,(H,24,28). The van der Waals surface area contributed by atoms with Gasteiger partial charge >= 0.3 is 0 Å². The molecule has 0 aromatic heterocycles. The molecule has 0 bridgehead atoms. The van der Waals surface area contributed by atoms with E-state index in [-0.39, 0.29) is 30.4 Å². The average Bonchev–Trinajstić information content (AvgIpc) is 2.82. The van der Waals surface area contributed by atoms with Gasteiger partial charge in [0.1, 0.15) is 6.04 Å². The van der Waals surface area contributed by atoms with E-state index < -0.39 is 22.0 Å². The van der Waals surface area contributed by atoms with Crippen molar-refractivity contribution in [2.75, 3.05) is 52.5 Å².